The second kappa shape index (κ2) is 7.05. The predicted octanol–water partition coefficient (Wildman–Crippen LogP) is 0.825. The molecule has 6 nitrogen and oxygen atoms in total. The minimum Gasteiger partial charge on any atom is -0.466 e. The summed E-state index contributed by atoms with van der Waals surface area (Å²) >= 11 is 0. The molecule has 1 rings (SSSR count). The minimum atomic E-state index is -0.394. The first-order valence-electron chi connectivity index (χ1n) is 5.45. The van der Waals surface area contributed by atoms with Gasteiger partial charge < -0.3 is 13.9 Å². The van der Waals surface area contributed by atoms with Crippen molar-refractivity contribution < 1.29 is 18.7 Å². The first kappa shape index (κ1) is 13.7. The lowest BCUT2D eigenvalue weighted by Crippen LogP contribution is -2.30. The normalized spacial score (nSPS) is 12.4. The SMILES string of the molecule is CCOCC(C)OCc1occc1C(=O)NN. The number of hydrazine groups is 1. The highest BCUT2D eigenvalue weighted by Gasteiger charge is 2.14. The molecule has 0 radical (unpaired) electrons. The van der Waals surface area contributed by atoms with E-state index in [4.69, 9.17) is 19.7 Å². The van der Waals surface area contributed by atoms with Gasteiger partial charge in [0.1, 0.15) is 12.4 Å². The molecule has 0 saturated carbocycles. The smallest absolute Gasteiger partial charge is 0.268 e. The van der Waals surface area contributed by atoms with Crippen molar-refractivity contribution in [1.29, 1.82) is 0 Å². The van der Waals surface area contributed by atoms with Crippen molar-refractivity contribution in [1.82, 2.24) is 5.43 Å². The molecule has 1 aromatic heterocycles. The molecule has 1 amide bonds. The number of nitrogen functional groups attached to an aromatic ring is 1. The zero-order valence-electron chi connectivity index (χ0n) is 10.1. The number of rotatable bonds is 7. The molecule has 0 aliphatic heterocycles. The van der Waals surface area contributed by atoms with E-state index in [9.17, 15) is 4.79 Å². The van der Waals surface area contributed by atoms with Gasteiger partial charge in [-0.25, -0.2) is 5.84 Å². The number of carbonyl (C=O) groups excluding carboxylic acids is 1. The molecule has 1 heterocycles. The van der Waals surface area contributed by atoms with Gasteiger partial charge >= 0.3 is 0 Å². The highest BCUT2D eigenvalue weighted by Crippen LogP contribution is 2.12. The Morgan fingerprint density at radius 1 is 1.65 bits per heavy atom. The van der Waals surface area contributed by atoms with Crippen molar-refractivity contribution in [3.8, 4) is 0 Å². The average molecular weight is 242 g/mol. The lowest BCUT2D eigenvalue weighted by Gasteiger charge is -2.12. The summed E-state index contributed by atoms with van der Waals surface area (Å²) in [5.74, 6) is 5.11. The van der Waals surface area contributed by atoms with Crippen LogP contribution < -0.4 is 11.3 Å². The van der Waals surface area contributed by atoms with Crippen LogP contribution in [0.4, 0.5) is 0 Å². The third-order valence-electron chi connectivity index (χ3n) is 2.18. The Kier molecular flexibility index (Phi) is 5.68. The molecule has 0 aliphatic rings. The molecule has 17 heavy (non-hydrogen) atoms. The minimum absolute atomic E-state index is 0.0613. The summed E-state index contributed by atoms with van der Waals surface area (Å²) in [6, 6.07) is 1.55. The van der Waals surface area contributed by atoms with Crippen LogP contribution in [0.5, 0.6) is 0 Å². The van der Waals surface area contributed by atoms with Crippen molar-refractivity contribution in [2.75, 3.05) is 13.2 Å². The molecule has 0 bridgehead atoms. The maximum Gasteiger partial charge on any atom is 0.268 e. The van der Waals surface area contributed by atoms with Crippen LogP contribution in [-0.4, -0.2) is 25.2 Å². The van der Waals surface area contributed by atoms with Crippen molar-refractivity contribution in [2.24, 2.45) is 5.84 Å². The third-order valence-corrected chi connectivity index (χ3v) is 2.18. The molecule has 1 unspecified atom stereocenters. The van der Waals surface area contributed by atoms with Crippen molar-refractivity contribution in [2.45, 2.75) is 26.6 Å². The van der Waals surface area contributed by atoms with Gasteiger partial charge in [-0.15, -0.1) is 0 Å². The molecule has 0 fully saturated rings. The molecular formula is C11H18N2O4. The number of hydrogen-bond acceptors (Lipinski definition) is 5. The van der Waals surface area contributed by atoms with Crippen LogP contribution in [0.2, 0.25) is 0 Å². The highest BCUT2D eigenvalue weighted by atomic mass is 16.5. The van der Waals surface area contributed by atoms with Gasteiger partial charge in [0.25, 0.3) is 5.91 Å². The maximum atomic E-state index is 11.3. The summed E-state index contributed by atoms with van der Waals surface area (Å²) in [4.78, 5) is 11.3. The Morgan fingerprint density at radius 2 is 2.41 bits per heavy atom. The first-order chi connectivity index (χ1) is 8.19. The summed E-state index contributed by atoms with van der Waals surface area (Å²) in [7, 11) is 0. The largest absolute Gasteiger partial charge is 0.466 e. The van der Waals surface area contributed by atoms with Crippen LogP contribution in [0.1, 0.15) is 30.0 Å². The maximum absolute atomic E-state index is 11.3. The van der Waals surface area contributed by atoms with Crippen LogP contribution in [0.25, 0.3) is 0 Å². The van der Waals surface area contributed by atoms with Gasteiger partial charge in [0, 0.05) is 6.61 Å². The number of ether oxygens (including phenoxy) is 2. The highest BCUT2D eigenvalue weighted by molar-refractivity contribution is 5.94. The van der Waals surface area contributed by atoms with E-state index < -0.39 is 5.91 Å². The van der Waals surface area contributed by atoms with Crippen LogP contribution in [-0.2, 0) is 16.1 Å². The Bertz CT molecular complexity index is 351. The number of nitrogens with one attached hydrogen (secondary N) is 1. The van der Waals surface area contributed by atoms with E-state index in [0.717, 1.165) is 0 Å². The van der Waals surface area contributed by atoms with Crippen LogP contribution in [0.3, 0.4) is 0 Å². The van der Waals surface area contributed by atoms with Crippen molar-refractivity contribution in [3.63, 3.8) is 0 Å². The monoisotopic (exact) mass is 242 g/mol. The zero-order valence-corrected chi connectivity index (χ0v) is 10.1. The second-order valence-electron chi connectivity index (χ2n) is 3.51. The van der Waals surface area contributed by atoms with E-state index in [2.05, 4.69) is 5.43 Å². The molecule has 0 saturated heterocycles. The van der Waals surface area contributed by atoms with Gasteiger partial charge in [-0.1, -0.05) is 0 Å². The third kappa shape index (κ3) is 4.18. The van der Waals surface area contributed by atoms with Crippen LogP contribution >= 0.6 is 0 Å². The van der Waals surface area contributed by atoms with Gasteiger partial charge in [-0.3, -0.25) is 10.2 Å². The van der Waals surface area contributed by atoms with Crippen LogP contribution in [0, 0.1) is 0 Å². The Labute approximate surface area is 100 Å². The van der Waals surface area contributed by atoms with Gasteiger partial charge in [0.2, 0.25) is 0 Å². The molecule has 1 atom stereocenters. The number of nitrogens with two attached hydrogens (primary N) is 1. The second-order valence-corrected chi connectivity index (χ2v) is 3.51. The van der Waals surface area contributed by atoms with Gasteiger partial charge in [-0.2, -0.15) is 0 Å². The van der Waals surface area contributed by atoms with E-state index in [1.807, 2.05) is 13.8 Å². The Hall–Kier alpha value is -1.37. The first-order valence-corrected chi connectivity index (χ1v) is 5.45. The topological polar surface area (TPSA) is 86.7 Å². The molecule has 0 aliphatic carbocycles. The van der Waals surface area contributed by atoms with Gasteiger partial charge in [-0.05, 0) is 19.9 Å². The summed E-state index contributed by atoms with van der Waals surface area (Å²) in [5, 5.41) is 0. The molecule has 6 heteroatoms. The number of carbonyl (C=O) groups is 1. The van der Waals surface area contributed by atoms with Crippen LogP contribution in [0.15, 0.2) is 16.7 Å². The van der Waals surface area contributed by atoms with E-state index in [0.29, 0.717) is 24.5 Å². The average Bonchev–Trinajstić information content (AvgIpc) is 2.81. The Morgan fingerprint density at radius 3 is 3.06 bits per heavy atom. The number of furan rings is 1. The van der Waals surface area contributed by atoms with E-state index in [1.165, 1.54) is 6.26 Å². The van der Waals surface area contributed by atoms with Crippen molar-refractivity contribution >= 4 is 5.91 Å². The fraction of sp³-hybridized carbons (Fsp3) is 0.545. The molecule has 0 spiro atoms. The fourth-order valence-electron chi connectivity index (χ4n) is 1.28. The summed E-state index contributed by atoms with van der Waals surface area (Å²) in [5.41, 5.74) is 2.44. The van der Waals surface area contributed by atoms with Gasteiger partial charge in [0.05, 0.1) is 24.5 Å². The standard InChI is InChI=1S/C11H18N2O4/c1-3-15-6-8(2)17-7-10-9(4-5-16-10)11(14)13-12/h4-5,8H,3,6-7,12H2,1-2H3,(H,13,14). The number of hydrogen-bond donors (Lipinski definition) is 2. The van der Waals surface area contributed by atoms with E-state index in [1.54, 1.807) is 6.07 Å². The molecule has 3 N–H and O–H groups in total. The molecule has 96 valence electrons. The Balaban J connectivity index is 2.46. The van der Waals surface area contributed by atoms with Gasteiger partial charge in [0.15, 0.2) is 0 Å². The summed E-state index contributed by atoms with van der Waals surface area (Å²) < 4.78 is 15.9. The lowest BCUT2D eigenvalue weighted by molar-refractivity contribution is -0.0172. The summed E-state index contributed by atoms with van der Waals surface area (Å²) in [6.45, 7) is 5.18. The quantitative estimate of drug-likeness (QED) is 0.420. The summed E-state index contributed by atoms with van der Waals surface area (Å²) in [6.07, 6.45) is 1.37. The van der Waals surface area contributed by atoms with E-state index in [-0.39, 0.29) is 12.7 Å². The fourth-order valence-corrected chi connectivity index (χ4v) is 1.28. The molecular weight excluding hydrogens is 224 g/mol. The number of amides is 1. The molecule has 1 aromatic rings. The molecule has 0 aromatic carbocycles. The van der Waals surface area contributed by atoms with Crippen molar-refractivity contribution in [3.05, 3.63) is 23.7 Å². The van der Waals surface area contributed by atoms with E-state index >= 15 is 0 Å². The zero-order chi connectivity index (χ0) is 12.7. The lowest BCUT2D eigenvalue weighted by atomic mass is 10.2. The predicted molar refractivity (Wildman–Crippen MR) is 61.1 cm³/mol.